The van der Waals surface area contributed by atoms with Crippen LogP contribution in [0.1, 0.15) is 38.5 Å². The van der Waals surface area contributed by atoms with E-state index in [1.54, 1.807) is 13.1 Å². The average Bonchev–Trinajstić information content (AvgIpc) is 3.25. The third-order valence-electron chi connectivity index (χ3n) is 5.94. The van der Waals surface area contributed by atoms with Crippen molar-refractivity contribution >= 4 is 17.7 Å². The van der Waals surface area contributed by atoms with Crippen molar-refractivity contribution in [2.75, 3.05) is 26.8 Å². The lowest BCUT2D eigenvalue weighted by Gasteiger charge is -2.20. The summed E-state index contributed by atoms with van der Waals surface area (Å²) in [5, 5.41) is 25.2. The summed E-state index contributed by atoms with van der Waals surface area (Å²) in [6.07, 6.45) is 7.34. The lowest BCUT2D eigenvalue weighted by atomic mass is 10.00. The van der Waals surface area contributed by atoms with Gasteiger partial charge < -0.3 is 30.3 Å². The molecule has 182 valence electrons. The summed E-state index contributed by atoms with van der Waals surface area (Å²) in [4.78, 5) is 37.9. The van der Waals surface area contributed by atoms with E-state index in [2.05, 4.69) is 10.6 Å². The van der Waals surface area contributed by atoms with E-state index in [0.717, 1.165) is 19.3 Å². The number of hydrogen-bond acceptors (Lipinski definition) is 8. The number of rotatable bonds is 12. The molecule has 0 saturated carbocycles. The molecule has 4 atom stereocenters. The van der Waals surface area contributed by atoms with E-state index >= 15 is 0 Å². The van der Waals surface area contributed by atoms with E-state index in [4.69, 9.17) is 9.47 Å². The van der Waals surface area contributed by atoms with E-state index in [1.807, 2.05) is 6.08 Å². The second-order valence-electron chi connectivity index (χ2n) is 8.24. The van der Waals surface area contributed by atoms with Crippen molar-refractivity contribution < 1.29 is 34.1 Å². The number of nitrogens with one attached hydrogen (secondary N) is 2. The lowest BCUT2D eigenvalue weighted by molar-refractivity contribution is -0.137. The summed E-state index contributed by atoms with van der Waals surface area (Å²) in [7, 11) is 1.66. The Hall–Kier alpha value is -2.53. The molecule has 0 aromatic carbocycles. The number of unbranched alkanes of at least 4 members (excludes halogenated alkanes) is 3. The van der Waals surface area contributed by atoms with Gasteiger partial charge in [0, 0.05) is 43.6 Å². The van der Waals surface area contributed by atoms with E-state index in [1.165, 1.54) is 17.2 Å². The van der Waals surface area contributed by atoms with Crippen LogP contribution >= 0.6 is 0 Å². The summed E-state index contributed by atoms with van der Waals surface area (Å²) in [6.45, 7) is 0.417. The van der Waals surface area contributed by atoms with Crippen LogP contribution in [-0.4, -0.2) is 84.2 Å². The van der Waals surface area contributed by atoms with Crippen molar-refractivity contribution in [1.82, 2.24) is 15.5 Å². The number of nitrogens with zero attached hydrogens (tertiary/aromatic N) is 1. The van der Waals surface area contributed by atoms with Crippen LogP contribution in [0.4, 0.5) is 0 Å². The molecule has 4 unspecified atom stereocenters. The van der Waals surface area contributed by atoms with Gasteiger partial charge >= 0.3 is 0 Å². The number of amides is 3. The maximum absolute atomic E-state index is 12.4. The van der Waals surface area contributed by atoms with Crippen LogP contribution in [-0.2, 0) is 23.9 Å². The predicted molar refractivity (Wildman–Crippen MR) is 118 cm³/mol. The minimum atomic E-state index is -1.10. The molecule has 1 saturated heterocycles. The quantitative estimate of drug-likeness (QED) is 0.179. The van der Waals surface area contributed by atoms with Gasteiger partial charge in [-0.15, -0.1) is 0 Å². The van der Waals surface area contributed by atoms with Crippen molar-refractivity contribution in [3.63, 3.8) is 0 Å². The molecule has 0 bridgehead atoms. The minimum absolute atomic E-state index is 0.156. The van der Waals surface area contributed by atoms with Gasteiger partial charge in [-0.05, 0) is 25.7 Å². The van der Waals surface area contributed by atoms with Gasteiger partial charge in [0.05, 0.1) is 6.61 Å². The number of carbonyl (C=O) groups excluding carboxylic acids is 3. The van der Waals surface area contributed by atoms with E-state index in [9.17, 15) is 24.6 Å². The highest BCUT2D eigenvalue weighted by molar-refractivity contribution is 6.20. The van der Waals surface area contributed by atoms with E-state index in [0.29, 0.717) is 43.6 Å². The van der Waals surface area contributed by atoms with Crippen molar-refractivity contribution in [3.05, 3.63) is 35.6 Å². The first-order valence-electron chi connectivity index (χ1n) is 11.4. The molecule has 3 aliphatic rings. The molecular weight excluding hydrogens is 430 g/mol. The summed E-state index contributed by atoms with van der Waals surface area (Å²) in [5.74, 6) is -0.786. The Balaban J connectivity index is 1.33. The maximum atomic E-state index is 12.4. The highest BCUT2D eigenvalue weighted by Gasteiger charge is 2.44. The zero-order valence-electron chi connectivity index (χ0n) is 18.9. The van der Waals surface area contributed by atoms with Crippen LogP contribution in [0.2, 0.25) is 0 Å². The Bertz CT molecular complexity index is 823. The molecule has 10 nitrogen and oxygen atoms in total. The smallest absolute Gasteiger partial charge is 0.261 e. The summed E-state index contributed by atoms with van der Waals surface area (Å²) in [5.41, 5.74) is 1.18. The molecule has 0 aromatic rings. The Morgan fingerprint density at radius 1 is 1.27 bits per heavy atom. The van der Waals surface area contributed by atoms with E-state index < -0.39 is 30.4 Å². The monoisotopic (exact) mass is 463 g/mol. The molecule has 0 aromatic heterocycles. The molecule has 33 heavy (non-hydrogen) atoms. The number of aliphatic hydroxyl groups excluding tert-OH is 2. The summed E-state index contributed by atoms with van der Waals surface area (Å²) in [6, 6.07) is 0. The summed E-state index contributed by atoms with van der Waals surface area (Å²) >= 11 is 0. The highest BCUT2D eigenvalue weighted by atomic mass is 16.6. The van der Waals surface area contributed by atoms with Crippen molar-refractivity contribution in [2.24, 2.45) is 0 Å². The Kier molecular flexibility index (Phi) is 9.19. The van der Waals surface area contributed by atoms with Gasteiger partial charge in [-0.2, -0.15) is 0 Å². The number of allylic oxidation sites excluding steroid dienone is 1. The lowest BCUT2D eigenvalue weighted by Crippen LogP contribution is -2.44. The average molecular weight is 464 g/mol. The number of hydrogen-bond donors (Lipinski definition) is 4. The van der Waals surface area contributed by atoms with Crippen LogP contribution in [0.3, 0.4) is 0 Å². The molecule has 4 N–H and O–H groups in total. The standard InChI is InChI=1S/C23H33N3O7/c1-24-11-10-18(28)25-21-19(29)20(17(14-27)33-21)32-13-7-3-2-6-12-26-22(30)15-8-4-5-9-16(15)23(26)31/h4,8,10-11,17,19-21,24,27,29H,2-3,5-7,9,12-14H2,1H3,(H,25,28)/b11-10-. The Morgan fingerprint density at radius 2 is 2.06 bits per heavy atom. The topological polar surface area (TPSA) is 137 Å². The van der Waals surface area contributed by atoms with Crippen LogP contribution in [0.25, 0.3) is 0 Å². The normalized spacial score (nSPS) is 27.1. The minimum Gasteiger partial charge on any atom is -0.394 e. The maximum Gasteiger partial charge on any atom is 0.261 e. The van der Waals surface area contributed by atoms with Crippen LogP contribution in [0.5, 0.6) is 0 Å². The van der Waals surface area contributed by atoms with Gasteiger partial charge in [0.15, 0.2) is 6.23 Å². The van der Waals surface area contributed by atoms with Gasteiger partial charge in [0.25, 0.3) is 11.8 Å². The molecule has 10 heteroatoms. The SMILES string of the molecule is CN/C=C\C(=O)NC1OC(CO)C(OCCCCCCN2C(=O)C3=C(CCC=C3)C2=O)C1O. The molecule has 3 amide bonds. The van der Waals surface area contributed by atoms with Crippen molar-refractivity contribution in [3.8, 4) is 0 Å². The number of aliphatic hydroxyl groups is 2. The predicted octanol–water partition coefficient (Wildman–Crippen LogP) is -0.125. The fraction of sp³-hybridized carbons (Fsp3) is 0.609. The number of carbonyl (C=O) groups is 3. The molecule has 2 heterocycles. The van der Waals surface area contributed by atoms with Crippen molar-refractivity contribution in [1.29, 1.82) is 0 Å². The second-order valence-corrected chi connectivity index (χ2v) is 8.24. The molecule has 1 aliphatic carbocycles. The van der Waals surface area contributed by atoms with Crippen molar-refractivity contribution in [2.45, 2.75) is 63.1 Å². The highest BCUT2D eigenvalue weighted by Crippen LogP contribution is 2.29. The Morgan fingerprint density at radius 3 is 2.79 bits per heavy atom. The molecule has 1 fully saturated rings. The first-order valence-corrected chi connectivity index (χ1v) is 11.4. The zero-order chi connectivity index (χ0) is 23.8. The second kappa shape index (κ2) is 12.1. The first kappa shape index (κ1) is 25.1. The molecule has 3 rings (SSSR count). The van der Waals surface area contributed by atoms with Gasteiger partial charge in [0.1, 0.15) is 18.3 Å². The molecule has 0 radical (unpaired) electrons. The Labute approximate surface area is 193 Å². The van der Waals surface area contributed by atoms with Crippen LogP contribution < -0.4 is 10.6 Å². The zero-order valence-corrected chi connectivity index (χ0v) is 18.9. The molecular formula is C23H33N3O7. The van der Waals surface area contributed by atoms with Gasteiger partial charge in [-0.1, -0.05) is 25.0 Å². The van der Waals surface area contributed by atoms with E-state index in [-0.39, 0.29) is 18.4 Å². The fourth-order valence-electron chi connectivity index (χ4n) is 4.19. The fourth-order valence-corrected chi connectivity index (χ4v) is 4.19. The van der Waals surface area contributed by atoms with Gasteiger partial charge in [0.2, 0.25) is 5.91 Å². The number of imide groups is 1. The molecule has 0 spiro atoms. The first-order chi connectivity index (χ1) is 16.0. The van der Waals surface area contributed by atoms with Crippen LogP contribution in [0.15, 0.2) is 35.6 Å². The largest absolute Gasteiger partial charge is 0.394 e. The third kappa shape index (κ3) is 6.08. The number of ether oxygens (including phenoxy) is 2. The molecule has 2 aliphatic heterocycles. The third-order valence-corrected chi connectivity index (χ3v) is 5.94. The van der Waals surface area contributed by atoms with Gasteiger partial charge in [-0.25, -0.2) is 0 Å². The van der Waals surface area contributed by atoms with Gasteiger partial charge in [-0.3, -0.25) is 19.3 Å². The summed E-state index contributed by atoms with van der Waals surface area (Å²) < 4.78 is 11.3. The van der Waals surface area contributed by atoms with Crippen LogP contribution in [0, 0.1) is 0 Å².